The Hall–Kier alpha value is -0.160. The van der Waals surface area contributed by atoms with Crippen molar-refractivity contribution in [1.82, 2.24) is 9.80 Å². The zero-order valence-electron chi connectivity index (χ0n) is 11.4. The van der Waals surface area contributed by atoms with Gasteiger partial charge in [0.15, 0.2) is 0 Å². The molecule has 5 aliphatic rings. The summed E-state index contributed by atoms with van der Waals surface area (Å²) in [4.78, 5) is 4.88. The largest absolute Gasteiger partial charge is 0.339 e. The van der Waals surface area contributed by atoms with Crippen LogP contribution in [0, 0.1) is 0 Å². The molecular weight excluding hydrogens is 228 g/mol. The van der Waals surface area contributed by atoms with Gasteiger partial charge in [-0.2, -0.15) is 0 Å². The molecule has 4 spiro atoms. The van der Waals surface area contributed by atoms with Crippen molar-refractivity contribution in [2.24, 2.45) is 0 Å². The van der Waals surface area contributed by atoms with Crippen molar-refractivity contribution in [3.8, 4) is 0 Å². The molecule has 0 aromatic carbocycles. The van der Waals surface area contributed by atoms with Gasteiger partial charge in [0.1, 0.15) is 22.9 Å². The molecule has 0 radical (unpaired) electrons. The van der Waals surface area contributed by atoms with E-state index in [-0.39, 0.29) is 22.9 Å². The molecule has 4 saturated carbocycles. The number of rotatable bonds is 0. The lowest BCUT2D eigenvalue weighted by Crippen LogP contribution is -2.60. The molecule has 0 aromatic rings. The van der Waals surface area contributed by atoms with E-state index in [2.05, 4.69) is 23.9 Å². The molecule has 0 aromatic heterocycles. The fourth-order valence-electron chi connectivity index (χ4n) is 3.90. The van der Waals surface area contributed by atoms with E-state index in [1.165, 1.54) is 51.4 Å². The molecule has 0 amide bonds. The lowest BCUT2D eigenvalue weighted by molar-refractivity contribution is -0.313. The maximum atomic E-state index is 6.64. The Morgan fingerprint density at radius 3 is 0.944 bits per heavy atom. The van der Waals surface area contributed by atoms with E-state index in [4.69, 9.17) is 9.47 Å². The summed E-state index contributed by atoms with van der Waals surface area (Å²) >= 11 is 0. The molecule has 18 heavy (non-hydrogen) atoms. The third kappa shape index (κ3) is 1.12. The normalized spacial score (nSPS) is 41.0. The van der Waals surface area contributed by atoms with Crippen molar-refractivity contribution in [3.05, 3.63) is 0 Å². The van der Waals surface area contributed by atoms with Crippen molar-refractivity contribution in [2.75, 3.05) is 14.1 Å². The molecule has 5 rings (SSSR count). The van der Waals surface area contributed by atoms with E-state index >= 15 is 0 Å². The fraction of sp³-hybridized carbons (Fsp3) is 1.00. The Morgan fingerprint density at radius 1 is 0.556 bits per heavy atom. The standard InChI is InChI=1S/C14H22N2O2/c1-15-11(3-4-11)17-13(7-8-13)16(2)14(9-10-14)18-12(15)5-6-12/h3-10H2,1-2H3. The molecule has 5 fully saturated rings. The van der Waals surface area contributed by atoms with Crippen LogP contribution in [-0.4, -0.2) is 46.8 Å². The lowest BCUT2D eigenvalue weighted by atomic mass is 10.3. The summed E-state index contributed by atoms with van der Waals surface area (Å²) in [5, 5.41) is 0. The Labute approximate surface area is 108 Å². The van der Waals surface area contributed by atoms with Crippen LogP contribution in [0.25, 0.3) is 0 Å². The third-order valence-electron chi connectivity index (χ3n) is 5.92. The highest BCUT2D eigenvalue weighted by Gasteiger charge is 2.73. The predicted octanol–water partition coefficient (Wildman–Crippen LogP) is 1.86. The van der Waals surface area contributed by atoms with Crippen LogP contribution in [0.1, 0.15) is 51.4 Å². The van der Waals surface area contributed by atoms with Crippen LogP contribution in [-0.2, 0) is 9.47 Å². The van der Waals surface area contributed by atoms with Crippen LogP contribution in [0.4, 0.5) is 0 Å². The van der Waals surface area contributed by atoms with Gasteiger partial charge in [0.05, 0.1) is 0 Å². The van der Waals surface area contributed by atoms with Gasteiger partial charge in [0.2, 0.25) is 0 Å². The highest BCUT2D eigenvalue weighted by atomic mass is 16.6. The summed E-state index contributed by atoms with van der Waals surface area (Å²) in [7, 11) is 4.44. The van der Waals surface area contributed by atoms with Crippen molar-refractivity contribution < 1.29 is 9.47 Å². The van der Waals surface area contributed by atoms with E-state index in [1.807, 2.05) is 0 Å². The number of ether oxygens (including phenoxy) is 2. The first-order chi connectivity index (χ1) is 8.55. The maximum absolute atomic E-state index is 6.64. The van der Waals surface area contributed by atoms with Crippen molar-refractivity contribution in [2.45, 2.75) is 74.3 Å². The molecule has 0 unspecified atom stereocenters. The molecule has 1 aliphatic heterocycles. The molecule has 0 bridgehead atoms. The Kier molecular flexibility index (Phi) is 1.57. The summed E-state index contributed by atoms with van der Waals surface area (Å²) < 4.78 is 13.3. The maximum Gasteiger partial charge on any atom is 0.126 e. The SMILES string of the molecule is CN1C2(CC2)OC2(CC2)N(C)C2(CC2)OC12CC2. The van der Waals surface area contributed by atoms with Crippen LogP contribution >= 0.6 is 0 Å². The van der Waals surface area contributed by atoms with Crippen molar-refractivity contribution >= 4 is 0 Å². The summed E-state index contributed by atoms with van der Waals surface area (Å²) in [6, 6.07) is 0. The second kappa shape index (κ2) is 2.66. The van der Waals surface area contributed by atoms with Gasteiger partial charge in [-0.25, -0.2) is 0 Å². The van der Waals surface area contributed by atoms with Crippen LogP contribution in [0.3, 0.4) is 0 Å². The topological polar surface area (TPSA) is 24.9 Å². The average Bonchev–Trinajstić information content (AvgIpc) is 3.17. The zero-order valence-corrected chi connectivity index (χ0v) is 11.4. The Morgan fingerprint density at radius 2 is 0.778 bits per heavy atom. The first-order valence-electron chi connectivity index (χ1n) is 7.43. The smallest absolute Gasteiger partial charge is 0.126 e. The minimum absolute atomic E-state index is 0.00222. The Balaban J connectivity index is 1.57. The van der Waals surface area contributed by atoms with Crippen molar-refractivity contribution in [1.29, 1.82) is 0 Å². The van der Waals surface area contributed by atoms with Gasteiger partial charge in [-0.1, -0.05) is 0 Å². The third-order valence-corrected chi connectivity index (χ3v) is 5.92. The minimum atomic E-state index is -0.00222. The number of nitrogens with zero attached hydrogens (tertiary/aromatic N) is 2. The monoisotopic (exact) mass is 250 g/mol. The molecule has 0 N–H and O–H groups in total. The predicted molar refractivity (Wildman–Crippen MR) is 65.6 cm³/mol. The molecule has 1 saturated heterocycles. The van der Waals surface area contributed by atoms with Crippen molar-refractivity contribution in [3.63, 3.8) is 0 Å². The molecule has 4 nitrogen and oxygen atoms in total. The van der Waals surface area contributed by atoms with Crippen LogP contribution in [0.5, 0.6) is 0 Å². The first-order valence-corrected chi connectivity index (χ1v) is 7.43. The second-order valence-electron chi connectivity index (χ2n) is 7.11. The fourth-order valence-corrected chi connectivity index (χ4v) is 3.90. The molecule has 4 heteroatoms. The van der Waals surface area contributed by atoms with E-state index in [0.29, 0.717) is 0 Å². The minimum Gasteiger partial charge on any atom is -0.339 e. The second-order valence-corrected chi connectivity index (χ2v) is 7.11. The highest BCUT2D eigenvalue weighted by Crippen LogP contribution is 2.65. The molecule has 100 valence electrons. The highest BCUT2D eigenvalue weighted by molar-refractivity contribution is 5.15. The molecule has 0 atom stereocenters. The van der Waals surface area contributed by atoms with Gasteiger partial charge in [0.25, 0.3) is 0 Å². The lowest BCUT2D eigenvalue weighted by Gasteiger charge is -2.48. The number of hydrogen-bond donors (Lipinski definition) is 0. The average molecular weight is 250 g/mol. The summed E-state index contributed by atoms with van der Waals surface area (Å²) in [6.07, 6.45) is 9.42. The van der Waals surface area contributed by atoms with Gasteiger partial charge in [-0.15, -0.1) is 0 Å². The van der Waals surface area contributed by atoms with Gasteiger partial charge in [-0.05, 0) is 65.5 Å². The van der Waals surface area contributed by atoms with E-state index in [9.17, 15) is 0 Å². The summed E-state index contributed by atoms with van der Waals surface area (Å²) in [6.45, 7) is 0. The summed E-state index contributed by atoms with van der Waals surface area (Å²) in [5.74, 6) is 0. The summed E-state index contributed by atoms with van der Waals surface area (Å²) in [5.41, 5.74) is -0.00889. The first kappa shape index (κ1) is 10.6. The van der Waals surface area contributed by atoms with Gasteiger partial charge < -0.3 is 9.47 Å². The zero-order chi connectivity index (χ0) is 12.2. The quantitative estimate of drug-likeness (QED) is 0.655. The van der Waals surface area contributed by atoms with E-state index in [0.717, 1.165) is 0 Å². The van der Waals surface area contributed by atoms with E-state index in [1.54, 1.807) is 0 Å². The van der Waals surface area contributed by atoms with E-state index < -0.39 is 0 Å². The van der Waals surface area contributed by atoms with Gasteiger partial charge >= 0.3 is 0 Å². The molecule has 4 aliphatic carbocycles. The number of hydrogen-bond acceptors (Lipinski definition) is 4. The Bertz CT molecular complexity index is 344. The van der Waals surface area contributed by atoms with Gasteiger partial charge in [0, 0.05) is 0 Å². The van der Waals surface area contributed by atoms with Crippen LogP contribution in [0.15, 0.2) is 0 Å². The van der Waals surface area contributed by atoms with Crippen LogP contribution < -0.4 is 0 Å². The molecule has 1 heterocycles. The van der Waals surface area contributed by atoms with Gasteiger partial charge in [-0.3, -0.25) is 9.80 Å². The van der Waals surface area contributed by atoms with Crippen LogP contribution in [0.2, 0.25) is 0 Å². The molecular formula is C14H22N2O2.